The topological polar surface area (TPSA) is 104 Å². The zero-order valence-electron chi connectivity index (χ0n) is 19.0. The lowest BCUT2D eigenvalue weighted by molar-refractivity contribution is -0.141. The highest BCUT2D eigenvalue weighted by atomic mass is 32.2. The van der Waals surface area contributed by atoms with E-state index in [9.17, 15) is 14.9 Å². The van der Waals surface area contributed by atoms with Gasteiger partial charge in [-0.2, -0.15) is 5.26 Å². The van der Waals surface area contributed by atoms with Crippen molar-refractivity contribution in [1.29, 1.82) is 5.26 Å². The molecule has 0 unspecified atom stereocenters. The van der Waals surface area contributed by atoms with Gasteiger partial charge in [-0.1, -0.05) is 60.3 Å². The molecule has 2 N–H and O–H groups in total. The molecule has 0 fully saturated rings. The molecule has 2 aromatic carbocycles. The highest BCUT2D eigenvalue weighted by Crippen LogP contribution is 2.41. The molecule has 4 rings (SSSR count). The molecule has 0 saturated carbocycles. The zero-order valence-corrected chi connectivity index (χ0v) is 19.8. The molecule has 1 aliphatic heterocycles. The maximum atomic E-state index is 13.3. The van der Waals surface area contributed by atoms with Gasteiger partial charge in [0.25, 0.3) is 5.91 Å². The summed E-state index contributed by atoms with van der Waals surface area (Å²) in [5.41, 5.74) is 2.77. The number of rotatable bonds is 8. The Balaban J connectivity index is 1.53. The lowest BCUT2D eigenvalue weighted by Crippen LogP contribution is -2.30. The normalized spacial score (nSPS) is 15.3. The molecule has 0 spiro atoms. The SMILES string of the molecule is CC1=C(C(=O)Nc2ccccc2)[C@@H](c2ccco2)C(C#N)=C(SCC(=O)OCc2ccccc2)N1. The number of amides is 1. The molecular weight excluding hydrogens is 462 g/mol. The number of anilines is 1. The Kier molecular flexibility index (Phi) is 7.70. The number of carbonyl (C=O) groups excluding carboxylic acids is 2. The fraction of sp³-hybridized carbons (Fsp3) is 0.148. The monoisotopic (exact) mass is 485 g/mol. The number of dihydropyridines is 1. The van der Waals surface area contributed by atoms with Gasteiger partial charge >= 0.3 is 5.97 Å². The third-order valence-electron chi connectivity index (χ3n) is 5.33. The zero-order chi connectivity index (χ0) is 24.6. The second-order valence-corrected chi connectivity index (χ2v) is 8.71. The maximum Gasteiger partial charge on any atom is 0.316 e. The second kappa shape index (κ2) is 11.3. The van der Waals surface area contributed by atoms with Gasteiger partial charge in [0.1, 0.15) is 12.4 Å². The molecule has 8 heteroatoms. The fourth-order valence-electron chi connectivity index (χ4n) is 3.70. The van der Waals surface area contributed by atoms with Crippen molar-refractivity contribution < 1.29 is 18.7 Å². The van der Waals surface area contributed by atoms with E-state index < -0.39 is 11.9 Å². The highest BCUT2D eigenvalue weighted by molar-refractivity contribution is 8.03. The number of nitriles is 1. The van der Waals surface area contributed by atoms with Crippen LogP contribution in [0.1, 0.15) is 24.2 Å². The van der Waals surface area contributed by atoms with E-state index in [1.807, 2.05) is 48.5 Å². The van der Waals surface area contributed by atoms with E-state index in [-0.39, 0.29) is 18.3 Å². The number of nitrogens with zero attached hydrogens (tertiary/aromatic N) is 1. The van der Waals surface area contributed by atoms with Gasteiger partial charge in [-0.15, -0.1) is 0 Å². The molecule has 1 amide bonds. The Labute approximate surface area is 207 Å². The first-order chi connectivity index (χ1) is 17.1. The molecule has 0 aliphatic carbocycles. The van der Waals surface area contributed by atoms with Crippen molar-refractivity contribution in [2.75, 3.05) is 11.1 Å². The van der Waals surface area contributed by atoms with Gasteiger partial charge in [-0.3, -0.25) is 9.59 Å². The molecule has 1 aromatic heterocycles. The van der Waals surface area contributed by atoms with Crippen LogP contribution in [0.25, 0.3) is 0 Å². The first kappa shape index (κ1) is 23.9. The highest BCUT2D eigenvalue weighted by Gasteiger charge is 2.36. The molecule has 176 valence electrons. The van der Waals surface area contributed by atoms with Crippen LogP contribution >= 0.6 is 11.8 Å². The van der Waals surface area contributed by atoms with Gasteiger partial charge in [0, 0.05) is 11.4 Å². The van der Waals surface area contributed by atoms with Crippen LogP contribution in [0.4, 0.5) is 5.69 Å². The Morgan fingerprint density at radius 2 is 1.80 bits per heavy atom. The van der Waals surface area contributed by atoms with E-state index in [0.717, 1.165) is 17.3 Å². The second-order valence-electron chi connectivity index (χ2n) is 7.72. The van der Waals surface area contributed by atoms with Crippen LogP contribution in [0.2, 0.25) is 0 Å². The summed E-state index contributed by atoms with van der Waals surface area (Å²) in [6.07, 6.45) is 1.50. The number of hydrogen-bond donors (Lipinski definition) is 2. The Bertz CT molecular complexity index is 1290. The number of allylic oxidation sites excluding steroid dienone is 2. The predicted molar refractivity (Wildman–Crippen MR) is 134 cm³/mol. The van der Waals surface area contributed by atoms with E-state index in [0.29, 0.717) is 33.3 Å². The Morgan fingerprint density at radius 1 is 1.09 bits per heavy atom. The quantitative estimate of drug-likeness (QED) is 0.428. The fourth-order valence-corrected chi connectivity index (χ4v) is 4.59. The van der Waals surface area contributed by atoms with E-state index in [2.05, 4.69) is 16.7 Å². The van der Waals surface area contributed by atoms with E-state index in [1.165, 1.54) is 6.26 Å². The number of ether oxygens (including phenoxy) is 1. The van der Waals surface area contributed by atoms with Gasteiger partial charge in [0.05, 0.1) is 40.2 Å². The van der Waals surface area contributed by atoms with Crippen molar-refractivity contribution in [3.05, 3.63) is 112 Å². The summed E-state index contributed by atoms with van der Waals surface area (Å²) < 4.78 is 11.0. The van der Waals surface area contributed by atoms with E-state index in [4.69, 9.17) is 9.15 Å². The predicted octanol–water partition coefficient (Wildman–Crippen LogP) is 5.09. The number of nitrogens with one attached hydrogen (secondary N) is 2. The minimum Gasteiger partial charge on any atom is -0.468 e. The van der Waals surface area contributed by atoms with Gasteiger partial charge in [0.2, 0.25) is 0 Å². The minimum atomic E-state index is -0.720. The summed E-state index contributed by atoms with van der Waals surface area (Å²) in [6, 6.07) is 24.1. The molecule has 3 aromatic rings. The van der Waals surface area contributed by atoms with Gasteiger partial charge in [0.15, 0.2) is 0 Å². The number of thioether (sulfide) groups is 1. The molecular formula is C27H23N3O4S. The first-order valence-electron chi connectivity index (χ1n) is 10.9. The van der Waals surface area contributed by atoms with E-state index in [1.54, 1.807) is 31.2 Å². The summed E-state index contributed by atoms with van der Waals surface area (Å²) in [7, 11) is 0. The largest absolute Gasteiger partial charge is 0.468 e. The summed E-state index contributed by atoms with van der Waals surface area (Å²) in [6.45, 7) is 1.94. The summed E-state index contributed by atoms with van der Waals surface area (Å²) >= 11 is 1.16. The van der Waals surface area contributed by atoms with Crippen LogP contribution in [0.5, 0.6) is 0 Å². The maximum absolute atomic E-state index is 13.3. The van der Waals surface area contributed by atoms with Gasteiger partial charge < -0.3 is 19.8 Å². The van der Waals surface area contributed by atoms with Crippen LogP contribution in [-0.4, -0.2) is 17.6 Å². The van der Waals surface area contributed by atoms with Crippen LogP contribution in [0, 0.1) is 11.3 Å². The van der Waals surface area contributed by atoms with Crippen molar-refractivity contribution in [1.82, 2.24) is 5.32 Å². The smallest absolute Gasteiger partial charge is 0.316 e. The first-order valence-corrected chi connectivity index (χ1v) is 11.9. The summed E-state index contributed by atoms with van der Waals surface area (Å²) in [5.74, 6) is -1.01. The summed E-state index contributed by atoms with van der Waals surface area (Å²) in [4.78, 5) is 25.6. The van der Waals surface area contributed by atoms with E-state index >= 15 is 0 Å². The molecule has 7 nitrogen and oxygen atoms in total. The van der Waals surface area contributed by atoms with Gasteiger partial charge in [-0.25, -0.2) is 0 Å². The molecule has 35 heavy (non-hydrogen) atoms. The van der Waals surface area contributed by atoms with Crippen molar-refractivity contribution in [2.45, 2.75) is 19.4 Å². The molecule has 0 saturated heterocycles. The number of hydrogen-bond acceptors (Lipinski definition) is 7. The van der Waals surface area contributed by atoms with Crippen molar-refractivity contribution in [3.63, 3.8) is 0 Å². The standard InChI is InChI=1S/C27H23N3O4S/c1-18-24(26(32)30-20-11-6-3-7-12-20)25(22-13-8-14-33-22)21(15-28)27(29-18)35-17-23(31)34-16-19-9-4-2-5-10-19/h2-14,25,29H,16-17H2,1H3,(H,30,32)/t25-/m1/s1. The van der Waals surface area contributed by atoms with Crippen molar-refractivity contribution in [3.8, 4) is 6.07 Å². The van der Waals surface area contributed by atoms with Crippen LogP contribution < -0.4 is 10.6 Å². The van der Waals surface area contributed by atoms with Crippen LogP contribution in [0.3, 0.4) is 0 Å². The average Bonchev–Trinajstić information content (AvgIpc) is 3.41. The molecule has 0 radical (unpaired) electrons. The van der Waals surface area contributed by atoms with Crippen LogP contribution in [0.15, 0.2) is 105 Å². The molecule has 0 bridgehead atoms. The Hall–Kier alpha value is -4.22. The minimum absolute atomic E-state index is 0.00401. The number of para-hydroxylation sites is 1. The molecule has 2 heterocycles. The number of esters is 1. The number of carbonyl (C=O) groups is 2. The van der Waals surface area contributed by atoms with Crippen molar-refractivity contribution >= 4 is 29.3 Å². The molecule has 1 aliphatic rings. The van der Waals surface area contributed by atoms with Crippen LogP contribution in [-0.2, 0) is 20.9 Å². The lowest BCUT2D eigenvalue weighted by Gasteiger charge is -2.28. The Morgan fingerprint density at radius 3 is 2.46 bits per heavy atom. The molecule has 1 atom stereocenters. The van der Waals surface area contributed by atoms with Crippen molar-refractivity contribution in [2.24, 2.45) is 0 Å². The number of benzene rings is 2. The third kappa shape index (κ3) is 5.83. The number of furan rings is 1. The lowest BCUT2D eigenvalue weighted by atomic mass is 9.85. The third-order valence-corrected chi connectivity index (χ3v) is 6.32. The van der Waals surface area contributed by atoms with Gasteiger partial charge in [-0.05, 0) is 36.8 Å². The summed E-state index contributed by atoms with van der Waals surface area (Å²) in [5, 5.41) is 16.6. The average molecular weight is 486 g/mol.